The molecule has 1 saturated heterocycles. The molecule has 1 aliphatic carbocycles. The Morgan fingerprint density at radius 3 is 2.13 bits per heavy atom. The maximum Gasteiger partial charge on any atom is 0.161 e. The van der Waals surface area contributed by atoms with E-state index in [0.29, 0.717) is 24.0 Å². The zero-order chi connectivity index (χ0) is 10.8. The molecule has 0 saturated carbocycles. The molecule has 1 heterocycles. The van der Waals surface area contributed by atoms with Gasteiger partial charge in [-0.2, -0.15) is 0 Å². The van der Waals surface area contributed by atoms with Crippen LogP contribution in [0, 0.1) is 11.8 Å². The molecule has 1 aliphatic heterocycles. The van der Waals surface area contributed by atoms with Crippen LogP contribution in [0.1, 0.15) is 40.0 Å². The van der Waals surface area contributed by atoms with E-state index in [9.17, 15) is 0 Å². The van der Waals surface area contributed by atoms with E-state index in [1.165, 1.54) is 0 Å². The van der Waals surface area contributed by atoms with Crippen LogP contribution >= 0.6 is 0 Å². The quantitative estimate of drug-likeness (QED) is 0.619. The number of hydrogen-bond donors (Lipinski definition) is 0. The van der Waals surface area contributed by atoms with Crippen LogP contribution in [0.4, 0.5) is 0 Å². The maximum atomic E-state index is 5.91. The first-order chi connectivity index (χ1) is 7.16. The third-order valence-corrected chi connectivity index (χ3v) is 3.56. The van der Waals surface area contributed by atoms with Gasteiger partial charge in [0, 0.05) is 5.92 Å². The molecule has 86 valence electrons. The standard InChI is InChI=1S/C13H22O2/c1-9-6-4-5-7-12(9)13-14-10(2)8-11(3)15-13/h4-5,9-13H,6-8H2,1-3H3/t9-,10-,11+,12-,13?/m0/s1. The highest BCUT2D eigenvalue weighted by atomic mass is 16.7. The number of rotatable bonds is 1. The van der Waals surface area contributed by atoms with Crippen molar-refractivity contribution in [3.63, 3.8) is 0 Å². The first-order valence-electron chi connectivity index (χ1n) is 6.12. The van der Waals surface area contributed by atoms with Gasteiger partial charge in [0.1, 0.15) is 0 Å². The second-order valence-electron chi connectivity index (χ2n) is 5.08. The Morgan fingerprint density at radius 2 is 1.53 bits per heavy atom. The van der Waals surface area contributed by atoms with Gasteiger partial charge >= 0.3 is 0 Å². The normalized spacial score (nSPS) is 46.7. The van der Waals surface area contributed by atoms with Crippen molar-refractivity contribution in [1.29, 1.82) is 0 Å². The van der Waals surface area contributed by atoms with E-state index in [0.717, 1.165) is 19.3 Å². The first-order valence-corrected chi connectivity index (χ1v) is 6.12. The Morgan fingerprint density at radius 1 is 0.933 bits per heavy atom. The summed E-state index contributed by atoms with van der Waals surface area (Å²) >= 11 is 0. The average Bonchev–Trinajstić information content (AvgIpc) is 2.16. The Labute approximate surface area is 92.6 Å². The number of allylic oxidation sites excluding steroid dienone is 2. The maximum absolute atomic E-state index is 5.91. The predicted molar refractivity (Wildman–Crippen MR) is 60.5 cm³/mol. The van der Waals surface area contributed by atoms with Crippen LogP contribution < -0.4 is 0 Å². The van der Waals surface area contributed by atoms with Gasteiger partial charge in [-0.3, -0.25) is 0 Å². The minimum Gasteiger partial charge on any atom is -0.349 e. The molecule has 15 heavy (non-hydrogen) atoms. The van der Waals surface area contributed by atoms with Crippen LogP contribution in [-0.2, 0) is 9.47 Å². The highest BCUT2D eigenvalue weighted by molar-refractivity contribution is 4.94. The fourth-order valence-electron chi connectivity index (χ4n) is 2.62. The molecule has 2 heteroatoms. The molecule has 0 aromatic heterocycles. The Kier molecular flexibility index (Phi) is 3.47. The number of hydrogen-bond acceptors (Lipinski definition) is 2. The Bertz CT molecular complexity index is 227. The van der Waals surface area contributed by atoms with Gasteiger partial charge in [0.2, 0.25) is 0 Å². The third-order valence-electron chi connectivity index (χ3n) is 3.56. The van der Waals surface area contributed by atoms with Gasteiger partial charge in [-0.1, -0.05) is 19.1 Å². The van der Waals surface area contributed by atoms with Gasteiger partial charge in [0.05, 0.1) is 12.2 Å². The van der Waals surface area contributed by atoms with Crippen molar-refractivity contribution in [1.82, 2.24) is 0 Å². The lowest BCUT2D eigenvalue weighted by Crippen LogP contribution is -2.42. The van der Waals surface area contributed by atoms with E-state index in [1.807, 2.05) is 0 Å². The summed E-state index contributed by atoms with van der Waals surface area (Å²) in [5.41, 5.74) is 0. The lowest BCUT2D eigenvalue weighted by atomic mass is 9.83. The Balaban J connectivity index is 1.99. The summed E-state index contributed by atoms with van der Waals surface area (Å²) in [6, 6.07) is 0. The first kappa shape index (κ1) is 11.2. The lowest BCUT2D eigenvalue weighted by Gasteiger charge is -2.39. The van der Waals surface area contributed by atoms with Crippen LogP contribution in [0.2, 0.25) is 0 Å². The molecule has 0 aromatic carbocycles. The van der Waals surface area contributed by atoms with Crippen LogP contribution in [0.25, 0.3) is 0 Å². The summed E-state index contributed by atoms with van der Waals surface area (Å²) in [7, 11) is 0. The van der Waals surface area contributed by atoms with Crippen molar-refractivity contribution in [3.05, 3.63) is 12.2 Å². The van der Waals surface area contributed by atoms with Crippen LogP contribution in [-0.4, -0.2) is 18.5 Å². The second-order valence-corrected chi connectivity index (χ2v) is 5.08. The van der Waals surface area contributed by atoms with Crippen molar-refractivity contribution in [2.75, 3.05) is 0 Å². The van der Waals surface area contributed by atoms with E-state index in [4.69, 9.17) is 9.47 Å². The van der Waals surface area contributed by atoms with Crippen molar-refractivity contribution >= 4 is 0 Å². The van der Waals surface area contributed by atoms with E-state index in [1.54, 1.807) is 0 Å². The SMILES string of the molecule is C[C@@H]1C[C@H](C)OC([C@H]2CC=CC[C@@H]2C)O1. The van der Waals surface area contributed by atoms with Gasteiger partial charge < -0.3 is 9.47 Å². The monoisotopic (exact) mass is 210 g/mol. The van der Waals surface area contributed by atoms with Crippen LogP contribution in [0.15, 0.2) is 12.2 Å². The predicted octanol–water partition coefficient (Wildman–Crippen LogP) is 3.13. The topological polar surface area (TPSA) is 18.5 Å². The van der Waals surface area contributed by atoms with Crippen molar-refractivity contribution < 1.29 is 9.47 Å². The molecule has 2 aliphatic rings. The summed E-state index contributed by atoms with van der Waals surface area (Å²) in [5.74, 6) is 1.22. The van der Waals surface area contributed by atoms with Crippen LogP contribution in [0.3, 0.4) is 0 Å². The molecule has 0 aromatic rings. The van der Waals surface area contributed by atoms with Gasteiger partial charge in [0.25, 0.3) is 0 Å². The van der Waals surface area contributed by atoms with Crippen molar-refractivity contribution in [2.24, 2.45) is 11.8 Å². The third kappa shape index (κ3) is 2.61. The zero-order valence-electron chi connectivity index (χ0n) is 9.98. The summed E-state index contributed by atoms with van der Waals surface area (Å²) in [6.45, 7) is 6.59. The zero-order valence-corrected chi connectivity index (χ0v) is 9.98. The second kappa shape index (κ2) is 4.67. The molecule has 0 bridgehead atoms. The molecular formula is C13H22O2. The largest absolute Gasteiger partial charge is 0.349 e. The molecule has 2 rings (SSSR count). The minimum absolute atomic E-state index is 0.0173. The van der Waals surface area contributed by atoms with E-state index >= 15 is 0 Å². The molecule has 5 atom stereocenters. The lowest BCUT2D eigenvalue weighted by molar-refractivity contribution is -0.261. The van der Waals surface area contributed by atoms with Gasteiger partial charge in [0.15, 0.2) is 6.29 Å². The molecule has 0 radical (unpaired) electrons. The fourth-order valence-corrected chi connectivity index (χ4v) is 2.62. The van der Waals surface area contributed by atoms with Crippen molar-refractivity contribution in [2.45, 2.75) is 58.5 Å². The van der Waals surface area contributed by atoms with Gasteiger partial charge in [-0.15, -0.1) is 0 Å². The van der Waals surface area contributed by atoms with E-state index in [-0.39, 0.29) is 6.29 Å². The fraction of sp³-hybridized carbons (Fsp3) is 0.846. The van der Waals surface area contributed by atoms with E-state index in [2.05, 4.69) is 32.9 Å². The smallest absolute Gasteiger partial charge is 0.161 e. The molecule has 2 nitrogen and oxygen atoms in total. The Hall–Kier alpha value is -0.340. The van der Waals surface area contributed by atoms with E-state index < -0.39 is 0 Å². The molecule has 1 fully saturated rings. The summed E-state index contributed by atoms with van der Waals surface area (Å²) in [5, 5.41) is 0. The summed E-state index contributed by atoms with van der Waals surface area (Å²) in [4.78, 5) is 0. The average molecular weight is 210 g/mol. The minimum atomic E-state index is 0.0173. The summed E-state index contributed by atoms with van der Waals surface area (Å²) in [6.07, 6.45) is 8.53. The number of ether oxygens (including phenoxy) is 2. The molecule has 1 unspecified atom stereocenters. The molecule has 0 spiro atoms. The van der Waals surface area contributed by atoms with Crippen molar-refractivity contribution in [3.8, 4) is 0 Å². The van der Waals surface area contributed by atoms with Crippen LogP contribution in [0.5, 0.6) is 0 Å². The molecule has 0 amide bonds. The highest BCUT2D eigenvalue weighted by Crippen LogP contribution is 2.33. The molecular weight excluding hydrogens is 188 g/mol. The molecule has 0 N–H and O–H groups in total. The summed E-state index contributed by atoms with van der Waals surface area (Å²) < 4.78 is 11.8. The highest BCUT2D eigenvalue weighted by Gasteiger charge is 2.34. The van der Waals surface area contributed by atoms with Gasteiger partial charge in [-0.25, -0.2) is 0 Å². The van der Waals surface area contributed by atoms with Gasteiger partial charge in [-0.05, 0) is 39.0 Å².